The summed E-state index contributed by atoms with van der Waals surface area (Å²) in [5.74, 6) is -1.01. The highest BCUT2D eigenvalue weighted by Crippen LogP contribution is 2.27. The third-order valence-electron chi connectivity index (χ3n) is 3.42. The van der Waals surface area contributed by atoms with Gasteiger partial charge in [-0.05, 0) is 30.5 Å². The van der Waals surface area contributed by atoms with Crippen molar-refractivity contribution in [3.05, 3.63) is 35.4 Å². The molecule has 0 radical (unpaired) electrons. The van der Waals surface area contributed by atoms with Crippen LogP contribution in [0.4, 0.5) is 8.78 Å². The van der Waals surface area contributed by atoms with Crippen molar-refractivity contribution in [2.24, 2.45) is 5.41 Å². The molecule has 0 aliphatic heterocycles. The van der Waals surface area contributed by atoms with Gasteiger partial charge < -0.3 is 10.1 Å². The molecule has 0 aliphatic carbocycles. The topological polar surface area (TPSA) is 21.3 Å². The minimum absolute atomic E-state index is 0.116. The Kier molecular flexibility index (Phi) is 6.08. The third kappa shape index (κ3) is 4.25. The lowest BCUT2D eigenvalue weighted by Crippen LogP contribution is -2.49. The first-order chi connectivity index (χ1) is 9.31. The average molecular weight is 285 g/mol. The fourth-order valence-electron chi connectivity index (χ4n) is 2.62. The van der Waals surface area contributed by atoms with Crippen LogP contribution < -0.4 is 5.32 Å². The highest BCUT2D eigenvalue weighted by molar-refractivity contribution is 5.21. The van der Waals surface area contributed by atoms with Gasteiger partial charge in [0, 0.05) is 18.7 Å². The molecule has 1 rings (SSSR count). The Morgan fingerprint density at radius 1 is 1.20 bits per heavy atom. The van der Waals surface area contributed by atoms with Crippen LogP contribution in [0.1, 0.15) is 33.3 Å². The summed E-state index contributed by atoms with van der Waals surface area (Å²) in [5.41, 5.74) is -0.00620. The Hall–Kier alpha value is -1.00. The van der Waals surface area contributed by atoms with E-state index in [2.05, 4.69) is 26.1 Å². The zero-order valence-corrected chi connectivity index (χ0v) is 13.0. The number of benzene rings is 1. The molecule has 2 unspecified atom stereocenters. The minimum Gasteiger partial charge on any atom is -0.379 e. The van der Waals surface area contributed by atoms with Gasteiger partial charge in [-0.1, -0.05) is 33.8 Å². The van der Waals surface area contributed by atoms with E-state index in [1.807, 2.05) is 6.92 Å². The van der Waals surface area contributed by atoms with Crippen molar-refractivity contribution in [2.75, 3.05) is 13.7 Å². The molecule has 2 atom stereocenters. The van der Waals surface area contributed by atoms with Gasteiger partial charge in [-0.2, -0.15) is 0 Å². The van der Waals surface area contributed by atoms with E-state index in [1.165, 1.54) is 18.2 Å². The number of ether oxygens (including phenoxy) is 1. The molecule has 4 heteroatoms. The molecule has 20 heavy (non-hydrogen) atoms. The normalized spacial score (nSPS) is 15.2. The summed E-state index contributed by atoms with van der Waals surface area (Å²) < 4.78 is 33.2. The smallest absolute Gasteiger partial charge is 0.129 e. The SMILES string of the molecule is CCNC(Cc1c(F)cccc1F)C(OC)C(C)(C)C. The number of hydrogen-bond acceptors (Lipinski definition) is 2. The van der Waals surface area contributed by atoms with Gasteiger partial charge in [0.2, 0.25) is 0 Å². The summed E-state index contributed by atoms with van der Waals surface area (Å²) in [7, 11) is 1.64. The molecule has 0 bridgehead atoms. The van der Waals surface area contributed by atoms with Gasteiger partial charge in [-0.25, -0.2) is 8.78 Å². The van der Waals surface area contributed by atoms with Crippen molar-refractivity contribution >= 4 is 0 Å². The van der Waals surface area contributed by atoms with Crippen LogP contribution in [0.2, 0.25) is 0 Å². The lowest BCUT2D eigenvalue weighted by Gasteiger charge is -2.36. The fourth-order valence-corrected chi connectivity index (χ4v) is 2.62. The Morgan fingerprint density at radius 3 is 2.15 bits per heavy atom. The van der Waals surface area contributed by atoms with Crippen LogP contribution in [0, 0.1) is 17.0 Å². The molecule has 114 valence electrons. The number of hydrogen-bond donors (Lipinski definition) is 1. The van der Waals surface area contributed by atoms with Crippen LogP contribution in [0.15, 0.2) is 18.2 Å². The number of methoxy groups -OCH3 is 1. The van der Waals surface area contributed by atoms with E-state index in [0.717, 1.165) is 6.54 Å². The standard InChI is InChI=1S/C16H25F2NO/c1-6-19-14(15(20-5)16(2,3)4)10-11-12(17)8-7-9-13(11)18/h7-9,14-15,19H,6,10H2,1-5H3. The highest BCUT2D eigenvalue weighted by atomic mass is 19.1. The van der Waals surface area contributed by atoms with E-state index in [4.69, 9.17) is 4.74 Å². The summed E-state index contributed by atoms with van der Waals surface area (Å²) in [5, 5.41) is 3.28. The summed E-state index contributed by atoms with van der Waals surface area (Å²) in [6.45, 7) is 8.87. The van der Waals surface area contributed by atoms with Crippen molar-refractivity contribution < 1.29 is 13.5 Å². The molecule has 0 saturated carbocycles. The van der Waals surface area contributed by atoms with Crippen molar-refractivity contribution in [2.45, 2.75) is 46.3 Å². The molecule has 0 amide bonds. The highest BCUT2D eigenvalue weighted by Gasteiger charge is 2.33. The molecule has 2 nitrogen and oxygen atoms in total. The Morgan fingerprint density at radius 2 is 1.75 bits per heavy atom. The molecule has 0 spiro atoms. The van der Waals surface area contributed by atoms with Crippen LogP contribution in [-0.2, 0) is 11.2 Å². The van der Waals surface area contributed by atoms with Gasteiger partial charge in [0.25, 0.3) is 0 Å². The Balaban J connectivity index is 3.03. The van der Waals surface area contributed by atoms with Crippen LogP contribution in [0.5, 0.6) is 0 Å². The zero-order chi connectivity index (χ0) is 15.3. The molecule has 1 N–H and O–H groups in total. The van der Waals surface area contributed by atoms with Crippen molar-refractivity contribution in [3.63, 3.8) is 0 Å². The fraction of sp³-hybridized carbons (Fsp3) is 0.625. The van der Waals surface area contributed by atoms with E-state index in [1.54, 1.807) is 7.11 Å². The van der Waals surface area contributed by atoms with Gasteiger partial charge in [0.05, 0.1) is 6.10 Å². The first kappa shape index (κ1) is 17.1. The molecule has 0 fully saturated rings. The maximum atomic E-state index is 13.8. The van der Waals surface area contributed by atoms with E-state index < -0.39 is 11.6 Å². The van der Waals surface area contributed by atoms with Gasteiger partial charge >= 0.3 is 0 Å². The van der Waals surface area contributed by atoms with Crippen LogP contribution in [0.25, 0.3) is 0 Å². The molecule has 0 aromatic heterocycles. The zero-order valence-electron chi connectivity index (χ0n) is 13.0. The lowest BCUT2D eigenvalue weighted by molar-refractivity contribution is -0.0109. The summed E-state index contributed by atoms with van der Waals surface area (Å²) in [6.07, 6.45) is 0.128. The largest absolute Gasteiger partial charge is 0.379 e. The van der Waals surface area contributed by atoms with Crippen LogP contribution in [-0.4, -0.2) is 25.8 Å². The van der Waals surface area contributed by atoms with E-state index >= 15 is 0 Å². The maximum Gasteiger partial charge on any atom is 0.129 e. The lowest BCUT2D eigenvalue weighted by atomic mass is 9.82. The second-order valence-corrected chi connectivity index (χ2v) is 6.09. The van der Waals surface area contributed by atoms with E-state index in [9.17, 15) is 8.78 Å². The van der Waals surface area contributed by atoms with Gasteiger partial charge in [0.15, 0.2) is 0 Å². The Labute approximate surface area is 120 Å². The first-order valence-electron chi connectivity index (χ1n) is 7.00. The second kappa shape index (κ2) is 7.14. The van der Waals surface area contributed by atoms with E-state index in [0.29, 0.717) is 0 Å². The molecule has 0 heterocycles. The maximum absolute atomic E-state index is 13.8. The van der Waals surface area contributed by atoms with Crippen LogP contribution >= 0.6 is 0 Å². The molecule has 1 aromatic rings. The Bertz CT molecular complexity index is 409. The van der Waals surface area contributed by atoms with Crippen molar-refractivity contribution in [3.8, 4) is 0 Å². The quantitative estimate of drug-likeness (QED) is 0.863. The average Bonchev–Trinajstić information content (AvgIpc) is 2.33. The summed E-state index contributed by atoms with van der Waals surface area (Å²) in [4.78, 5) is 0. The second-order valence-electron chi connectivity index (χ2n) is 6.09. The number of rotatable bonds is 6. The third-order valence-corrected chi connectivity index (χ3v) is 3.42. The van der Waals surface area contributed by atoms with Gasteiger partial charge in [-0.3, -0.25) is 0 Å². The molecular formula is C16H25F2NO. The van der Waals surface area contributed by atoms with Crippen molar-refractivity contribution in [1.82, 2.24) is 5.32 Å². The van der Waals surface area contributed by atoms with Crippen LogP contribution in [0.3, 0.4) is 0 Å². The number of halogens is 2. The van der Waals surface area contributed by atoms with Crippen molar-refractivity contribution in [1.29, 1.82) is 0 Å². The summed E-state index contributed by atoms with van der Waals surface area (Å²) in [6, 6.07) is 3.82. The van der Waals surface area contributed by atoms with E-state index in [-0.39, 0.29) is 29.5 Å². The molecule has 1 aromatic carbocycles. The van der Waals surface area contributed by atoms with Gasteiger partial charge in [0.1, 0.15) is 11.6 Å². The molecular weight excluding hydrogens is 260 g/mol. The number of likely N-dealkylation sites (N-methyl/N-ethyl adjacent to an activating group) is 1. The molecule has 0 saturated heterocycles. The first-order valence-corrected chi connectivity index (χ1v) is 7.00. The number of nitrogens with one attached hydrogen (secondary N) is 1. The molecule has 0 aliphatic rings. The van der Waals surface area contributed by atoms with Gasteiger partial charge in [-0.15, -0.1) is 0 Å². The monoisotopic (exact) mass is 285 g/mol. The summed E-state index contributed by atoms with van der Waals surface area (Å²) >= 11 is 0. The predicted octanol–water partition coefficient (Wildman–Crippen LogP) is 3.55. The predicted molar refractivity (Wildman–Crippen MR) is 77.8 cm³/mol. The minimum atomic E-state index is -0.503.